The van der Waals surface area contributed by atoms with Gasteiger partial charge < -0.3 is 15.0 Å². The Morgan fingerprint density at radius 3 is 2.71 bits per heavy atom. The number of benzene rings is 2. The fourth-order valence-electron chi connectivity index (χ4n) is 3.00. The van der Waals surface area contributed by atoms with Crippen molar-refractivity contribution >= 4 is 16.7 Å². The molecular formula is C20H22N2O2. The highest BCUT2D eigenvalue weighted by molar-refractivity contribution is 5.90. The minimum atomic E-state index is -0.567. The van der Waals surface area contributed by atoms with Crippen LogP contribution in [-0.4, -0.2) is 22.1 Å². The van der Waals surface area contributed by atoms with Crippen LogP contribution in [0.4, 0.5) is 0 Å². The van der Waals surface area contributed by atoms with Gasteiger partial charge in [0.25, 0.3) is 0 Å². The highest BCUT2D eigenvalue weighted by Gasteiger charge is 2.11. The zero-order chi connectivity index (χ0) is 16.9. The Labute approximate surface area is 141 Å². The summed E-state index contributed by atoms with van der Waals surface area (Å²) in [7, 11) is 1.90. The van der Waals surface area contributed by atoms with Gasteiger partial charge >= 0.3 is 0 Å². The summed E-state index contributed by atoms with van der Waals surface area (Å²) in [5.74, 6) is -0.0227. The predicted molar refractivity (Wildman–Crippen MR) is 95.7 cm³/mol. The molecule has 0 saturated carbocycles. The first-order chi connectivity index (χ1) is 11.6. The number of nitrogens with one attached hydrogen (secondary N) is 1. The van der Waals surface area contributed by atoms with Gasteiger partial charge in [-0.3, -0.25) is 4.79 Å². The molecule has 0 aliphatic heterocycles. The summed E-state index contributed by atoms with van der Waals surface area (Å²) in [6.07, 6.45) is 2.18. The van der Waals surface area contributed by atoms with Gasteiger partial charge in [-0.1, -0.05) is 42.5 Å². The lowest BCUT2D eigenvalue weighted by atomic mass is 10.0. The highest BCUT2D eigenvalue weighted by Crippen LogP contribution is 2.19. The molecule has 4 heteroatoms. The van der Waals surface area contributed by atoms with Crippen LogP contribution < -0.4 is 5.32 Å². The number of hydrogen-bond donors (Lipinski definition) is 2. The summed E-state index contributed by atoms with van der Waals surface area (Å²) >= 11 is 0. The van der Waals surface area contributed by atoms with E-state index in [2.05, 4.69) is 5.32 Å². The van der Waals surface area contributed by atoms with Gasteiger partial charge in [-0.2, -0.15) is 0 Å². The third-order valence-corrected chi connectivity index (χ3v) is 4.30. The molecule has 2 N–H and O–H groups in total. The fourth-order valence-corrected chi connectivity index (χ4v) is 3.00. The summed E-state index contributed by atoms with van der Waals surface area (Å²) in [6, 6.07) is 17.9. The number of carbonyl (C=O) groups excluding carboxylic acids is 1. The average molecular weight is 322 g/mol. The molecule has 124 valence electrons. The van der Waals surface area contributed by atoms with Crippen LogP contribution in [0.15, 0.2) is 60.8 Å². The Hall–Kier alpha value is -2.59. The molecule has 0 radical (unpaired) electrons. The zero-order valence-electron chi connectivity index (χ0n) is 13.8. The van der Waals surface area contributed by atoms with E-state index >= 15 is 0 Å². The number of aliphatic hydroxyl groups is 1. The molecule has 0 spiro atoms. The Kier molecular flexibility index (Phi) is 4.96. The molecule has 24 heavy (non-hydrogen) atoms. The fraction of sp³-hybridized carbons (Fsp3) is 0.250. The maximum atomic E-state index is 12.2. The number of aliphatic hydroxyl groups excluding tert-OH is 1. The highest BCUT2D eigenvalue weighted by atomic mass is 16.3. The minimum absolute atomic E-state index is 0.0227. The van der Waals surface area contributed by atoms with Crippen LogP contribution in [0.25, 0.3) is 10.8 Å². The van der Waals surface area contributed by atoms with Crippen LogP contribution in [0, 0.1) is 0 Å². The number of aryl methyl sites for hydroxylation is 1. The van der Waals surface area contributed by atoms with Crippen LogP contribution in [0.5, 0.6) is 0 Å². The summed E-state index contributed by atoms with van der Waals surface area (Å²) in [5.41, 5.74) is 1.88. The predicted octanol–water partition coefficient (Wildman–Crippen LogP) is 2.96. The van der Waals surface area contributed by atoms with Gasteiger partial charge in [0.15, 0.2) is 0 Å². The molecule has 4 nitrogen and oxygen atoms in total. The number of rotatable bonds is 6. The second-order valence-electron chi connectivity index (χ2n) is 6.01. The van der Waals surface area contributed by atoms with E-state index in [1.807, 2.05) is 72.4 Å². The van der Waals surface area contributed by atoms with Gasteiger partial charge in [-0.15, -0.1) is 0 Å². The van der Waals surface area contributed by atoms with Crippen molar-refractivity contribution in [2.75, 3.05) is 6.54 Å². The first kappa shape index (κ1) is 16.3. The van der Waals surface area contributed by atoms with Crippen molar-refractivity contribution in [3.63, 3.8) is 0 Å². The van der Waals surface area contributed by atoms with Crippen molar-refractivity contribution in [2.45, 2.75) is 18.9 Å². The number of carbonyl (C=O) groups is 1. The molecule has 0 aliphatic rings. The van der Waals surface area contributed by atoms with Gasteiger partial charge in [0, 0.05) is 25.5 Å². The lowest BCUT2D eigenvalue weighted by molar-refractivity contribution is -0.120. The van der Waals surface area contributed by atoms with Gasteiger partial charge in [-0.25, -0.2) is 0 Å². The van der Waals surface area contributed by atoms with Crippen LogP contribution in [0.3, 0.4) is 0 Å². The second-order valence-corrected chi connectivity index (χ2v) is 6.01. The van der Waals surface area contributed by atoms with E-state index in [9.17, 15) is 9.90 Å². The van der Waals surface area contributed by atoms with E-state index in [-0.39, 0.29) is 5.91 Å². The molecule has 0 aliphatic carbocycles. The van der Waals surface area contributed by atoms with Crippen molar-refractivity contribution < 1.29 is 9.90 Å². The summed E-state index contributed by atoms with van der Waals surface area (Å²) in [5, 5.41) is 15.3. The molecule has 1 heterocycles. The summed E-state index contributed by atoms with van der Waals surface area (Å²) in [4.78, 5) is 12.2. The van der Waals surface area contributed by atoms with E-state index < -0.39 is 6.10 Å². The number of fused-ring (bicyclic) bond motifs is 1. The molecule has 0 saturated heterocycles. The first-order valence-electron chi connectivity index (χ1n) is 8.18. The quantitative estimate of drug-likeness (QED) is 0.733. The van der Waals surface area contributed by atoms with E-state index in [1.54, 1.807) is 0 Å². The van der Waals surface area contributed by atoms with Crippen molar-refractivity contribution in [1.82, 2.24) is 9.88 Å². The maximum absolute atomic E-state index is 12.2. The van der Waals surface area contributed by atoms with Gasteiger partial charge in [0.05, 0.1) is 12.5 Å². The van der Waals surface area contributed by atoms with Crippen molar-refractivity contribution in [3.05, 3.63) is 72.1 Å². The largest absolute Gasteiger partial charge is 0.387 e. The monoisotopic (exact) mass is 322 g/mol. The molecule has 1 unspecified atom stereocenters. The lowest BCUT2D eigenvalue weighted by Gasteiger charge is -2.13. The molecule has 0 fully saturated rings. The third kappa shape index (κ3) is 3.66. The van der Waals surface area contributed by atoms with Gasteiger partial charge in [0.2, 0.25) is 5.91 Å². The maximum Gasteiger partial charge on any atom is 0.224 e. The molecule has 3 aromatic rings. The topological polar surface area (TPSA) is 54.3 Å². The van der Waals surface area contributed by atoms with E-state index in [4.69, 9.17) is 0 Å². The molecule has 2 aromatic carbocycles. The van der Waals surface area contributed by atoms with E-state index in [0.29, 0.717) is 19.4 Å². The molecule has 0 bridgehead atoms. The van der Waals surface area contributed by atoms with Crippen molar-refractivity contribution in [1.29, 1.82) is 0 Å². The molecule has 1 atom stereocenters. The van der Waals surface area contributed by atoms with Crippen LogP contribution in [0.1, 0.15) is 23.8 Å². The minimum Gasteiger partial charge on any atom is -0.387 e. The van der Waals surface area contributed by atoms with Crippen molar-refractivity contribution in [2.24, 2.45) is 7.05 Å². The first-order valence-corrected chi connectivity index (χ1v) is 8.18. The van der Waals surface area contributed by atoms with Crippen LogP contribution in [-0.2, 0) is 18.3 Å². The Balaban J connectivity index is 1.55. The number of amides is 1. The molecule has 1 aromatic heterocycles. The Bertz CT molecular complexity index is 833. The molecular weight excluding hydrogens is 300 g/mol. The van der Waals surface area contributed by atoms with Gasteiger partial charge in [0.1, 0.15) is 0 Å². The zero-order valence-corrected chi connectivity index (χ0v) is 13.8. The second kappa shape index (κ2) is 7.32. The van der Waals surface area contributed by atoms with Gasteiger partial charge in [-0.05, 0) is 34.9 Å². The number of nitrogens with zero attached hydrogens (tertiary/aromatic N) is 1. The molecule has 3 rings (SSSR count). The average Bonchev–Trinajstić information content (AvgIpc) is 3.01. The van der Waals surface area contributed by atoms with E-state index in [1.165, 1.54) is 0 Å². The standard InChI is InChI=1S/C20H22N2O2/c1-22-13-5-10-18(22)19(23)11-12-21-20(24)14-16-8-4-7-15-6-2-3-9-17(15)16/h2-10,13,19,23H,11-12,14H2,1H3,(H,21,24). The summed E-state index contributed by atoms with van der Waals surface area (Å²) in [6.45, 7) is 0.454. The normalized spacial score (nSPS) is 12.2. The third-order valence-electron chi connectivity index (χ3n) is 4.30. The number of aromatic nitrogens is 1. The van der Waals surface area contributed by atoms with Crippen LogP contribution >= 0.6 is 0 Å². The van der Waals surface area contributed by atoms with Crippen LogP contribution in [0.2, 0.25) is 0 Å². The number of hydrogen-bond acceptors (Lipinski definition) is 2. The summed E-state index contributed by atoms with van der Waals surface area (Å²) < 4.78 is 1.89. The Morgan fingerprint density at radius 1 is 1.12 bits per heavy atom. The molecule has 1 amide bonds. The lowest BCUT2D eigenvalue weighted by Crippen LogP contribution is -2.27. The smallest absolute Gasteiger partial charge is 0.224 e. The SMILES string of the molecule is Cn1cccc1C(O)CCNC(=O)Cc1cccc2ccccc12. The van der Waals surface area contributed by atoms with Crippen molar-refractivity contribution in [3.8, 4) is 0 Å². The van der Waals surface area contributed by atoms with E-state index in [0.717, 1.165) is 22.0 Å². The Morgan fingerprint density at radius 2 is 1.92 bits per heavy atom.